The predicted molar refractivity (Wildman–Crippen MR) is 79.1 cm³/mol. The van der Waals surface area contributed by atoms with Crippen LogP contribution in [0.15, 0.2) is 20.1 Å². The molecule has 8 heteroatoms. The molecule has 1 aromatic rings. The minimum absolute atomic E-state index is 0.341. The third-order valence-electron chi connectivity index (χ3n) is 2.44. The van der Waals surface area contributed by atoms with Crippen molar-refractivity contribution in [3.63, 3.8) is 0 Å². The molecule has 1 aromatic heterocycles. The fourth-order valence-electron chi connectivity index (χ4n) is 1.49. The molecule has 5 nitrogen and oxygen atoms in total. The number of ether oxygens (including phenoxy) is 2. The summed E-state index contributed by atoms with van der Waals surface area (Å²) in [5.41, 5.74) is 0. The number of methoxy groups -OCH3 is 2. The molecule has 0 bridgehead atoms. The van der Waals surface area contributed by atoms with Crippen LogP contribution in [0.1, 0.15) is 6.42 Å². The second-order valence-electron chi connectivity index (χ2n) is 3.80. The molecule has 0 amide bonds. The summed E-state index contributed by atoms with van der Waals surface area (Å²) in [5.74, 6) is 0. The monoisotopic (exact) mass is 371 g/mol. The second-order valence-corrected chi connectivity index (χ2v) is 8.43. The minimum atomic E-state index is -3.45. The van der Waals surface area contributed by atoms with E-state index in [-0.39, 0.29) is 0 Å². The predicted octanol–water partition coefficient (Wildman–Crippen LogP) is 2.18. The van der Waals surface area contributed by atoms with Crippen LogP contribution in [-0.4, -0.2) is 53.2 Å². The number of hydrogen-bond donors (Lipinski definition) is 0. The summed E-state index contributed by atoms with van der Waals surface area (Å²) in [6.07, 6.45) is 0.659. The average molecular weight is 372 g/mol. The van der Waals surface area contributed by atoms with E-state index in [1.165, 1.54) is 15.6 Å². The molecule has 0 aliphatic rings. The van der Waals surface area contributed by atoms with Crippen LogP contribution in [0.25, 0.3) is 0 Å². The van der Waals surface area contributed by atoms with E-state index in [1.807, 2.05) is 0 Å². The highest BCUT2D eigenvalue weighted by molar-refractivity contribution is 9.11. The Kier molecular flexibility index (Phi) is 7.48. The van der Waals surface area contributed by atoms with Crippen LogP contribution in [0, 0.1) is 0 Å². The summed E-state index contributed by atoms with van der Waals surface area (Å²) >= 11 is 4.49. The molecule has 0 aromatic carbocycles. The van der Waals surface area contributed by atoms with Gasteiger partial charge in [0, 0.05) is 33.9 Å². The van der Waals surface area contributed by atoms with Gasteiger partial charge in [0.2, 0.25) is 0 Å². The van der Waals surface area contributed by atoms with Crippen LogP contribution >= 0.6 is 27.3 Å². The summed E-state index contributed by atoms with van der Waals surface area (Å²) in [4.78, 5) is 0. The van der Waals surface area contributed by atoms with Crippen LogP contribution in [0.3, 0.4) is 0 Å². The van der Waals surface area contributed by atoms with E-state index < -0.39 is 10.0 Å². The lowest BCUT2D eigenvalue weighted by Gasteiger charge is -2.20. The van der Waals surface area contributed by atoms with Gasteiger partial charge in [0.05, 0.1) is 10.4 Å². The fourth-order valence-corrected chi connectivity index (χ4v) is 5.12. The third-order valence-corrected chi connectivity index (χ3v) is 6.43. The van der Waals surface area contributed by atoms with E-state index in [9.17, 15) is 8.42 Å². The van der Waals surface area contributed by atoms with Crippen molar-refractivity contribution in [1.82, 2.24) is 4.31 Å². The highest BCUT2D eigenvalue weighted by atomic mass is 79.9. The number of sulfonamides is 1. The van der Waals surface area contributed by atoms with Crippen molar-refractivity contribution >= 4 is 37.3 Å². The zero-order valence-electron chi connectivity index (χ0n) is 11.0. The van der Waals surface area contributed by atoms with E-state index in [0.29, 0.717) is 36.9 Å². The highest BCUT2D eigenvalue weighted by Crippen LogP contribution is 2.28. The first-order valence-electron chi connectivity index (χ1n) is 5.75. The van der Waals surface area contributed by atoms with E-state index >= 15 is 0 Å². The number of rotatable bonds is 9. The van der Waals surface area contributed by atoms with E-state index in [0.717, 1.165) is 3.79 Å². The van der Waals surface area contributed by atoms with Crippen LogP contribution in [-0.2, 0) is 19.5 Å². The van der Waals surface area contributed by atoms with Gasteiger partial charge in [-0.05, 0) is 34.5 Å². The van der Waals surface area contributed by atoms with Gasteiger partial charge in [-0.3, -0.25) is 0 Å². The molecule has 110 valence electrons. The van der Waals surface area contributed by atoms with Gasteiger partial charge in [0.15, 0.2) is 0 Å². The number of halogens is 1. The van der Waals surface area contributed by atoms with Gasteiger partial charge in [0.25, 0.3) is 10.0 Å². The molecule has 0 N–H and O–H groups in total. The van der Waals surface area contributed by atoms with Crippen molar-refractivity contribution in [3.8, 4) is 0 Å². The molecule has 0 unspecified atom stereocenters. The molecule has 0 aliphatic carbocycles. The van der Waals surface area contributed by atoms with E-state index in [4.69, 9.17) is 9.47 Å². The molecule has 0 saturated heterocycles. The van der Waals surface area contributed by atoms with Gasteiger partial charge in [-0.1, -0.05) is 0 Å². The van der Waals surface area contributed by atoms with Crippen molar-refractivity contribution < 1.29 is 17.9 Å². The smallest absolute Gasteiger partial charge is 0.252 e. The minimum Gasteiger partial charge on any atom is -0.385 e. The maximum atomic E-state index is 12.5. The zero-order chi connectivity index (χ0) is 14.3. The van der Waals surface area contributed by atoms with Crippen molar-refractivity contribution in [1.29, 1.82) is 0 Å². The lowest BCUT2D eigenvalue weighted by molar-refractivity contribution is 0.164. The maximum absolute atomic E-state index is 12.5. The van der Waals surface area contributed by atoms with Gasteiger partial charge < -0.3 is 9.47 Å². The molecule has 0 atom stereocenters. The molecular weight excluding hydrogens is 354 g/mol. The first-order valence-corrected chi connectivity index (χ1v) is 8.80. The standard InChI is InChI=1S/C11H18BrNO4S2/c1-16-8-3-6-13(7-9-17-2)19(14,15)11-5-4-10(12)18-11/h4-5H,3,6-9H2,1-2H3. The average Bonchev–Trinajstić information content (AvgIpc) is 2.81. The molecule has 0 radical (unpaired) electrons. The molecule has 0 spiro atoms. The molecule has 0 saturated carbocycles. The second kappa shape index (κ2) is 8.33. The fraction of sp³-hybridized carbons (Fsp3) is 0.636. The summed E-state index contributed by atoms with van der Waals surface area (Å²) in [7, 11) is -0.288. The Balaban J connectivity index is 2.82. The van der Waals surface area contributed by atoms with Crippen LogP contribution < -0.4 is 0 Å². The van der Waals surface area contributed by atoms with Crippen LogP contribution in [0.5, 0.6) is 0 Å². The number of nitrogens with zero attached hydrogens (tertiary/aromatic N) is 1. The van der Waals surface area contributed by atoms with Gasteiger partial charge >= 0.3 is 0 Å². The number of thiophene rings is 1. The lowest BCUT2D eigenvalue weighted by Crippen LogP contribution is -2.34. The molecular formula is C11H18BrNO4S2. The third kappa shape index (κ3) is 5.13. The summed E-state index contributed by atoms with van der Waals surface area (Å²) in [5, 5.41) is 0. The largest absolute Gasteiger partial charge is 0.385 e. The quantitative estimate of drug-likeness (QED) is 0.624. The van der Waals surface area contributed by atoms with Crippen molar-refractivity contribution in [3.05, 3.63) is 15.9 Å². The van der Waals surface area contributed by atoms with Crippen LogP contribution in [0.2, 0.25) is 0 Å². The highest BCUT2D eigenvalue weighted by Gasteiger charge is 2.25. The Morgan fingerprint density at radius 2 is 1.89 bits per heavy atom. The Morgan fingerprint density at radius 3 is 2.42 bits per heavy atom. The van der Waals surface area contributed by atoms with E-state index in [1.54, 1.807) is 26.4 Å². The maximum Gasteiger partial charge on any atom is 0.252 e. The Labute approximate surface area is 126 Å². The molecule has 19 heavy (non-hydrogen) atoms. The Bertz CT molecular complexity index is 475. The summed E-state index contributed by atoms with van der Waals surface area (Å²) < 4.78 is 37.4. The molecule has 1 heterocycles. The van der Waals surface area contributed by atoms with Crippen LogP contribution in [0.4, 0.5) is 0 Å². The first-order chi connectivity index (χ1) is 9.02. The molecule has 1 rings (SSSR count). The zero-order valence-corrected chi connectivity index (χ0v) is 14.2. The Morgan fingerprint density at radius 1 is 1.21 bits per heavy atom. The van der Waals surface area contributed by atoms with Gasteiger partial charge in [-0.25, -0.2) is 8.42 Å². The van der Waals surface area contributed by atoms with Gasteiger partial charge in [-0.15, -0.1) is 11.3 Å². The normalized spacial score (nSPS) is 12.2. The van der Waals surface area contributed by atoms with Gasteiger partial charge in [0.1, 0.15) is 4.21 Å². The topological polar surface area (TPSA) is 55.8 Å². The Hall–Kier alpha value is 0.01000. The van der Waals surface area contributed by atoms with E-state index in [2.05, 4.69) is 15.9 Å². The van der Waals surface area contributed by atoms with Gasteiger partial charge in [-0.2, -0.15) is 4.31 Å². The summed E-state index contributed by atoms with van der Waals surface area (Å²) in [6, 6.07) is 3.35. The molecule has 0 fully saturated rings. The number of hydrogen-bond acceptors (Lipinski definition) is 5. The van der Waals surface area contributed by atoms with Crippen molar-refractivity contribution in [2.24, 2.45) is 0 Å². The first kappa shape index (κ1) is 17.1. The SMILES string of the molecule is COCCCN(CCOC)S(=O)(=O)c1ccc(Br)s1. The van der Waals surface area contributed by atoms with Crippen molar-refractivity contribution in [2.45, 2.75) is 10.6 Å². The van der Waals surface area contributed by atoms with Crippen molar-refractivity contribution in [2.75, 3.05) is 40.5 Å². The summed E-state index contributed by atoms with van der Waals surface area (Å²) in [6.45, 7) is 1.68. The lowest BCUT2D eigenvalue weighted by atomic mass is 10.4. The molecule has 0 aliphatic heterocycles.